The topological polar surface area (TPSA) is 38.1 Å². The molecular weight excluding hydrogens is 247 g/mol. The van der Waals surface area contributed by atoms with Crippen LogP contribution < -0.4 is 5.32 Å². The van der Waals surface area contributed by atoms with Gasteiger partial charge in [0.25, 0.3) is 0 Å². The van der Waals surface area contributed by atoms with E-state index in [0.29, 0.717) is 28.2 Å². The van der Waals surface area contributed by atoms with E-state index in [1.165, 1.54) is 0 Å². The lowest BCUT2D eigenvalue weighted by Gasteiger charge is -2.01. The Balaban J connectivity index is 2.39. The van der Waals surface area contributed by atoms with Crippen molar-refractivity contribution in [3.05, 3.63) is 40.3 Å². The summed E-state index contributed by atoms with van der Waals surface area (Å²) in [7, 11) is 1.83. The fourth-order valence-corrected chi connectivity index (χ4v) is 1.76. The van der Waals surface area contributed by atoms with Crippen molar-refractivity contribution < 1.29 is 4.42 Å². The molecule has 1 aromatic carbocycles. The van der Waals surface area contributed by atoms with Crippen molar-refractivity contribution in [1.29, 1.82) is 0 Å². The maximum atomic E-state index is 6.08. The molecule has 1 aromatic heterocycles. The highest BCUT2D eigenvalue weighted by Crippen LogP contribution is 2.33. The number of aromatic nitrogens is 1. The van der Waals surface area contributed by atoms with Gasteiger partial charge < -0.3 is 9.73 Å². The van der Waals surface area contributed by atoms with Gasteiger partial charge in [-0.2, -0.15) is 0 Å². The Hall–Kier alpha value is -1.03. The Bertz CT molecular complexity index is 496. The predicted octanol–water partition coefficient (Wildman–Crippen LogP) is 3.37. The lowest BCUT2D eigenvalue weighted by Crippen LogP contribution is -2.04. The van der Waals surface area contributed by atoms with Crippen LogP contribution in [0.2, 0.25) is 10.0 Å². The molecule has 2 rings (SSSR count). The van der Waals surface area contributed by atoms with Gasteiger partial charge in [-0.05, 0) is 19.2 Å². The second-order valence-electron chi connectivity index (χ2n) is 3.25. The predicted molar refractivity (Wildman–Crippen MR) is 64.7 cm³/mol. The van der Waals surface area contributed by atoms with Gasteiger partial charge in [-0.3, -0.25) is 0 Å². The number of benzene rings is 1. The van der Waals surface area contributed by atoms with Gasteiger partial charge in [-0.25, -0.2) is 4.98 Å². The van der Waals surface area contributed by atoms with E-state index in [9.17, 15) is 0 Å². The molecule has 0 saturated heterocycles. The van der Waals surface area contributed by atoms with Crippen LogP contribution in [-0.2, 0) is 6.54 Å². The fourth-order valence-electron chi connectivity index (χ4n) is 1.36. The van der Waals surface area contributed by atoms with Crippen LogP contribution in [0.25, 0.3) is 11.3 Å². The van der Waals surface area contributed by atoms with Crippen molar-refractivity contribution in [1.82, 2.24) is 10.3 Å². The van der Waals surface area contributed by atoms with Gasteiger partial charge >= 0.3 is 0 Å². The van der Waals surface area contributed by atoms with Crippen molar-refractivity contribution in [3.63, 3.8) is 0 Å². The molecule has 0 amide bonds. The zero-order valence-corrected chi connectivity index (χ0v) is 10.1. The molecule has 0 spiro atoms. The van der Waals surface area contributed by atoms with E-state index in [1.807, 2.05) is 19.2 Å². The van der Waals surface area contributed by atoms with E-state index in [1.54, 1.807) is 12.3 Å². The average Bonchev–Trinajstić information content (AvgIpc) is 2.71. The summed E-state index contributed by atoms with van der Waals surface area (Å²) in [5, 5.41) is 3.95. The van der Waals surface area contributed by atoms with E-state index >= 15 is 0 Å². The standard InChI is InChI=1S/C11H10Cl2N2O/c1-14-6-10-15-5-9(16-10)7-3-2-4-8(12)11(7)13/h2-5,14H,6H2,1H3. The minimum atomic E-state index is 0.483. The molecule has 5 heteroatoms. The summed E-state index contributed by atoms with van der Waals surface area (Å²) in [6.45, 7) is 0.582. The summed E-state index contributed by atoms with van der Waals surface area (Å²) >= 11 is 12.0. The molecule has 0 fully saturated rings. The molecule has 0 bridgehead atoms. The van der Waals surface area contributed by atoms with Gasteiger partial charge in [0, 0.05) is 5.56 Å². The molecule has 2 aromatic rings. The van der Waals surface area contributed by atoms with Gasteiger partial charge in [-0.1, -0.05) is 29.3 Å². The van der Waals surface area contributed by atoms with Crippen LogP contribution in [0.3, 0.4) is 0 Å². The van der Waals surface area contributed by atoms with Gasteiger partial charge in [0.15, 0.2) is 5.76 Å². The van der Waals surface area contributed by atoms with Gasteiger partial charge in [-0.15, -0.1) is 0 Å². The largest absolute Gasteiger partial charge is 0.439 e. The molecular formula is C11H10Cl2N2O. The van der Waals surface area contributed by atoms with Gasteiger partial charge in [0.05, 0.1) is 22.8 Å². The number of halogens is 2. The van der Waals surface area contributed by atoms with Crippen LogP contribution >= 0.6 is 23.2 Å². The van der Waals surface area contributed by atoms with Crippen LogP contribution in [0.4, 0.5) is 0 Å². The average molecular weight is 257 g/mol. The van der Waals surface area contributed by atoms with Crippen molar-refractivity contribution in [2.45, 2.75) is 6.54 Å². The highest BCUT2D eigenvalue weighted by atomic mass is 35.5. The lowest BCUT2D eigenvalue weighted by molar-refractivity contribution is 0.491. The summed E-state index contributed by atoms with van der Waals surface area (Å²) in [5.74, 6) is 1.24. The number of hydrogen-bond acceptors (Lipinski definition) is 3. The highest BCUT2D eigenvalue weighted by Gasteiger charge is 2.11. The minimum Gasteiger partial charge on any atom is -0.439 e. The number of oxazole rings is 1. The summed E-state index contributed by atoms with van der Waals surface area (Å²) in [5.41, 5.74) is 0.754. The SMILES string of the molecule is CNCc1ncc(-c2cccc(Cl)c2Cl)o1. The molecule has 0 atom stereocenters. The number of hydrogen-bond donors (Lipinski definition) is 1. The second kappa shape index (κ2) is 4.87. The van der Waals surface area contributed by atoms with Crippen molar-refractivity contribution >= 4 is 23.2 Å². The lowest BCUT2D eigenvalue weighted by atomic mass is 10.2. The van der Waals surface area contributed by atoms with Crippen LogP contribution in [-0.4, -0.2) is 12.0 Å². The van der Waals surface area contributed by atoms with Crippen molar-refractivity contribution in [2.75, 3.05) is 7.05 Å². The Kier molecular flexibility index (Phi) is 3.49. The first-order chi connectivity index (χ1) is 7.72. The van der Waals surface area contributed by atoms with E-state index in [2.05, 4.69) is 10.3 Å². The normalized spacial score (nSPS) is 10.7. The maximum absolute atomic E-state index is 6.08. The minimum absolute atomic E-state index is 0.483. The molecule has 1 heterocycles. The quantitative estimate of drug-likeness (QED) is 0.916. The summed E-state index contributed by atoms with van der Waals surface area (Å²) in [6, 6.07) is 5.40. The molecule has 0 aliphatic carbocycles. The monoisotopic (exact) mass is 256 g/mol. The Labute approximate surface area is 103 Å². The maximum Gasteiger partial charge on any atom is 0.208 e. The summed E-state index contributed by atoms with van der Waals surface area (Å²) in [4.78, 5) is 4.12. The fraction of sp³-hybridized carbons (Fsp3) is 0.182. The van der Waals surface area contributed by atoms with E-state index in [4.69, 9.17) is 27.6 Å². The third-order valence-electron chi connectivity index (χ3n) is 2.10. The van der Waals surface area contributed by atoms with E-state index in [-0.39, 0.29) is 0 Å². The summed E-state index contributed by atoms with van der Waals surface area (Å²) < 4.78 is 5.53. The van der Waals surface area contributed by atoms with Crippen LogP contribution in [0, 0.1) is 0 Å². The smallest absolute Gasteiger partial charge is 0.208 e. The molecule has 0 unspecified atom stereocenters. The molecule has 0 aliphatic heterocycles. The molecule has 16 heavy (non-hydrogen) atoms. The first-order valence-corrected chi connectivity index (χ1v) is 5.51. The Morgan fingerprint density at radius 3 is 2.94 bits per heavy atom. The molecule has 0 aliphatic rings. The highest BCUT2D eigenvalue weighted by molar-refractivity contribution is 6.43. The van der Waals surface area contributed by atoms with Crippen LogP contribution in [0.15, 0.2) is 28.8 Å². The van der Waals surface area contributed by atoms with Gasteiger partial charge in [0.2, 0.25) is 5.89 Å². The van der Waals surface area contributed by atoms with Gasteiger partial charge in [0.1, 0.15) is 0 Å². The Morgan fingerprint density at radius 1 is 1.38 bits per heavy atom. The number of nitrogens with one attached hydrogen (secondary N) is 1. The van der Waals surface area contributed by atoms with E-state index in [0.717, 1.165) is 5.56 Å². The second-order valence-corrected chi connectivity index (χ2v) is 4.04. The molecule has 3 nitrogen and oxygen atoms in total. The van der Waals surface area contributed by atoms with E-state index < -0.39 is 0 Å². The van der Waals surface area contributed by atoms with Crippen molar-refractivity contribution in [3.8, 4) is 11.3 Å². The van der Waals surface area contributed by atoms with Crippen LogP contribution in [0.1, 0.15) is 5.89 Å². The first-order valence-electron chi connectivity index (χ1n) is 4.76. The zero-order valence-electron chi connectivity index (χ0n) is 8.63. The summed E-state index contributed by atoms with van der Waals surface area (Å²) in [6.07, 6.45) is 1.64. The molecule has 1 N–H and O–H groups in total. The number of rotatable bonds is 3. The third kappa shape index (κ3) is 2.21. The number of nitrogens with zero attached hydrogens (tertiary/aromatic N) is 1. The zero-order chi connectivity index (χ0) is 11.5. The Morgan fingerprint density at radius 2 is 2.19 bits per heavy atom. The molecule has 84 valence electrons. The molecule has 0 radical (unpaired) electrons. The van der Waals surface area contributed by atoms with Crippen molar-refractivity contribution in [2.24, 2.45) is 0 Å². The van der Waals surface area contributed by atoms with Crippen LogP contribution in [0.5, 0.6) is 0 Å². The first kappa shape index (κ1) is 11.5. The third-order valence-corrected chi connectivity index (χ3v) is 2.92. The molecule has 0 saturated carbocycles.